The zero-order valence-electron chi connectivity index (χ0n) is 17.0. The SMILES string of the molecule is CCC(O)COCCO.CCCCC(O)COCCO.O=C(O)CCC(=O)O. The van der Waals surface area contributed by atoms with Gasteiger partial charge in [0, 0.05) is 0 Å². The molecule has 2 unspecified atom stereocenters. The predicted octanol–water partition coefficient (Wildman–Crippen LogP) is 0.248. The summed E-state index contributed by atoms with van der Waals surface area (Å²) in [6, 6.07) is 0. The summed E-state index contributed by atoms with van der Waals surface area (Å²) >= 11 is 0. The topological polar surface area (TPSA) is 174 Å². The molecule has 0 spiro atoms. The second kappa shape index (κ2) is 25.7. The summed E-state index contributed by atoms with van der Waals surface area (Å²) in [4.78, 5) is 19.3. The molecule has 2 atom stereocenters. The van der Waals surface area contributed by atoms with Crippen LogP contribution in [0.1, 0.15) is 52.4 Å². The molecule has 0 fully saturated rings. The first kappa shape index (κ1) is 31.4. The zero-order chi connectivity index (χ0) is 22.2. The lowest BCUT2D eigenvalue weighted by molar-refractivity contribution is -0.143. The molecule has 0 bridgehead atoms. The molecule has 0 amide bonds. The van der Waals surface area contributed by atoms with E-state index in [0.29, 0.717) is 32.8 Å². The molecule has 0 saturated carbocycles. The van der Waals surface area contributed by atoms with Crippen LogP contribution in [-0.2, 0) is 19.1 Å². The molecule has 0 saturated heterocycles. The molecule has 0 aromatic heterocycles. The largest absolute Gasteiger partial charge is 0.481 e. The van der Waals surface area contributed by atoms with Gasteiger partial charge in [0.25, 0.3) is 0 Å². The molecule has 0 aliphatic rings. The van der Waals surface area contributed by atoms with E-state index >= 15 is 0 Å². The monoisotopic (exact) mass is 414 g/mol. The van der Waals surface area contributed by atoms with Crippen molar-refractivity contribution in [1.29, 1.82) is 0 Å². The van der Waals surface area contributed by atoms with E-state index in [1.54, 1.807) is 0 Å². The number of carboxylic acids is 2. The molecule has 0 heterocycles. The first-order valence-corrected chi connectivity index (χ1v) is 9.41. The van der Waals surface area contributed by atoms with Crippen LogP contribution in [0.25, 0.3) is 0 Å². The Hall–Kier alpha value is -1.30. The number of rotatable bonds is 15. The molecule has 0 aliphatic carbocycles. The number of aliphatic hydroxyl groups is 4. The van der Waals surface area contributed by atoms with E-state index in [-0.39, 0.29) is 38.3 Å². The lowest BCUT2D eigenvalue weighted by Crippen LogP contribution is -2.16. The summed E-state index contributed by atoms with van der Waals surface area (Å²) in [5.41, 5.74) is 0. The summed E-state index contributed by atoms with van der Waals surface area (Å²) in [5, 5.41) is 50.5. The maximum atomic E-state index is 9.64. The minimum Gasteiger partial charge on any atom is -0.481 e. The summed E-state index contributed by atoms with van der Waals surface area (Å²) in [6.07, 6.45) is 2.29. The van der Waals surface area contributed by atoms with Crippen molar-refractivity contribution in [3.8, 4) is 0 Å². The van der Waals surface area contributed by atoms with E-state index in [2.05, 4.69) is 6.92 Å². The standard InChI is InChI=1S/C8H18O3.C6H14O3.C4H6O4/c1-2-3-4-8(10)7-11-6-5-9;1-2-6(8)5-9-4-3-7;5-3(6)1-2-4(7)8/h8-10H,2-7H2,1H3;6-8H,2-5H2,1H3;1-2H2,(H,5,6)(H,7,8). The maximum absolute atomic E-state index is 9.64. The van der Waals surface area contributed by atoms with Crippen molar-refractivity contribution in [2.24, 2.45) is 0 Å². The van der Waals surface area contributed by atoms with Crippen LogP contribution in [0.15, 0.2) is 0 Å². The smallest absolute Gasteiger partial charge is 0.303 e. The highest BCUT2D eigenvalue weighted by Crippen LogP contribution is 2.00. The molecule has 0 rings (SSSR count). The van der Waals surface area contributed by atoms with Crippen LogP contribution in [0.4, 0.5) is 0 Å². The number of aliphatic hydroxyl groups excluding tert-OH is 4. The Labute approximate surface area is 166 Å². The van der Waals surface area contributed by atoms with Crippen molar-refractivity contribution >= 4 is 11.9 Å². The predicted molar refractivity (Wildman–Crippen MR) is 102 cm³/mol. The molecule has 170 valence electrons. The third kappa shape index (κ3) is 35.7. The van der Waals surface area contributed by atoms with Gasteiger partial charge in [-0.25, -0.2) is 0 Å². The van der Waals surface area contributed by atoms with Gasteiger partial charge < -0.3 is 40.1 Å². The molecular formula is C18H38O10. The number of hydrogen-bond acceptors (Lipinski definition) is 8. The third-order valence-corrected chi connectivity index (χ3v) is 3.01. The fourth-order valence-corrected chi connectivity index (χ4v) is 1.42. The van der Waals surface area contributed by atoms with Crippen LogP contribution in [-0.4, -0.2) is 94.4 Å². The van der Waals surface area contributed by atoms with Gasteiger partial charge in [0.2, 0.25) is 0 Å². The van der Waals surface area contributed by atoms with Gasteiger partial charge in [-0.3, -0.25) is 9.59 Å². The highest BCUT2D eigenvalue weighted by molar-refractivity contribution is 5.75. The van der Waals surface area contributed by atoms with Crippen LogP contribution < -0.4 is 0 Å². The molecular weight excluding hydrogens is 376 g/mol. The van der Waals surface area contributed by atoms with E-state index in [1.165, 1.54) is 0 Å². The highest BCUT2D eigenvalue weighted by Gasteiger charge is 2.02. The lowest BCUT2D eigenvalue weighted by Gasteiger charge is -2.09. The van der Waals surface area contributed by atoms with Crippen molar-refractivity contribution in [2.45, 2.75) is 64.6 Å². The normalized spacial score (nSPS) is 12.1. The maximum Gasteiger partial charge on any atom is 0.303 e. The number of hydrogen-bond donors (Lipinski definition) is 6. The zero-order valence-corrected chi connectivity index (χ0v) is 17.0. The second-order valence-corrected chi connectivity index (χ2v) is 5.74. The van der Waals surface area contributed by atoms with Gasteiger partial charge >= 0.3 is 11.9 Å². The van der Waals surface area contributed by atoms with E-state index < -0.39 is 11.9 Å². The minimum atomic E-state index is -1.08. The highest BCUT2D eigenvalue weighted by atomic mass is 16.5. The second-order valence-electron chi connectivity index (χ2n) is 5.74. The van der Waals surface area contributed by atoms with Crippen molar-refractivity contribution in [1.82, 2.24) is 0 Å². The molecule has 28 heavy (non-hydrogen) atoms. The fourth-order valence-electron chi connectivity index (χ4n) is 1.42. The summed E-state index contributed by atoms with van der Waals surface area (Å²) in [5.74, 6) is -2.15. The van der Waals surface area contributed by atoms with E-state index in [1.807, 2.05) is 6.92 Å². The van der Waals surface area contributed by atoms with Crippen molar-refractivity contribution in [3.05, 3.63) is 0 Å². The quantitative estimate of drug-likeness (QED) is 0.204. The Kier molecular flexibility index (Phi) is 28.8. The van der Waals surface area contributed by atoms with Crippen molar-refractivity contribution < 1.29 is 49.7 Å². The van der Waals surface area contributed by atoms with Crippen molar-refractivity contribution in [2.75, 3.05) is 39.6 Å². The van der Waals surface area contributed by atoms with Crippen molar-refractivity contribution in [3.63, 3.8) is 0 Å². The molecule has 6 N–H and O–H groups in total. The molecule has 0 aromatic rings. The van der Waals surface area contributed by atoms with E-state index in [4.69, 9.17) is 35.0 Å². The number of carboxylic acid groups (broad SMARTS) is 2. The summed E-state index contributed by atoms with van der Waals surface area (Å²) in [6.45, 7) is 5.34. The Balaban J connectivity index is -0.000000340. The number of aliphatic carboxylic acids is 2. The van der Waals surface area contributed by atoms with Crippen LogP contribution >= 0.6 is 0 Å². The lowest BCUT2D eigenvalue weighted by atomic mass is 10.2. The number of unbranched alkanes of at least 4 members (excludes halogenated alkanes) is 1. The third-order valence-electron chi connectivity index (χ3n) is 3.01. The van der Waals surface area contributed by atoms with Crippen LogP contribution in [0.5, 0.6) is 0 Å². The van der Waals surface area contributed by atoms with Crippen LogP contribution in [0.3, 0.4) is 0 Å². The molecule has 10 heteroatoms. The van der Waals surface area contributed by atoms with Gasteiger partial charge in [-0.1, -0.05) is 26.7 Å². The average molecular weight is 414 g/mol. The summed E-state index contributed by atoms with van der Waals surface area (Å²) in [7, 11) is 0. The van der Waals surface area contributed by atoms with Gasteiger partial charge in [0.05, 0.1) is 64.7 Å². The molecule has 0 radical (unpaired) electrons. The molecule has 0 aliphatic heterocycles. The van der Waals surface area contributed by atoms with Gasteiger partial charge in [-0.05, 0) is 12.8 Å². The van der Waals surface area contributed by atoms with Gasteiger partial charge in [0.1, 0.15) is 0 Å². The Morgan fingerprint density at radius 1 is 0.821 bits per heavy atom. The first-order chi connectivity index (χ1) is 13.2. The Morgan fingerprint density at radius 3 is 1.57 bits per heavy atom. The van der Waals surface area contributed by atoms with Gasteiger partial charge in [-0.2, -0.15) is 0 Å². The van der Waals surface area contributed by atoms with E-state index in [9.17, 15) is 14.7 Å². The molecule has 0 aromatic carbocycles. The number of carbonyl (C=O) groups is 2. The summed E-state index contributed by atoms with van der Waals surface area (Å²) < 4.78 is 9.78. The Bertz CT molecular complexity index is 324. The van der Waals surface area contributed by atoms with E-state index in [0.717, 1.165) is 19.3 Å². The number of ether oxygens (including phenoxy) is 2. The first-order valence-electron chi connectivity index (χ1n) is 9.41. The van der Waals surface area contributed by atoms with Gasteiger partial charge in [-0.15, -0.1) is 0 Å². The van der Waals surface area contributed by atoms with Gasteiger partial charge in [0.15, 0.2) is 0 Å². The average Bonchev–Trinajstić information content (AvgIpc) is 2.66. The minimum absolute atomic E-state index is 0.0242. The fraction of sp³-hybridized carbons (Fsp3) is 0.889. The van der Waals surface area contributed by atoms with Crippen LogP contribution in [0, 0.1) is 0 Å². The van der Waals surface area contributed by atoms with Crippen LogP contribution in [0.2, 0.25) is 0 Å². The molecule has 10 nitrogen and oxygen atoms in total. The Morgan fingerprint density at radius 2 is 1.25 bits per heavy atom.